The van der Waals surface area contributed by atoms with Crippen molar-refractivity contribution in [3.05, 3.63) is 18.3 Å². The number of nitrogens with zero attached hydrogens (tertiary/aromatic N) is 4. The molecule has 2 aliphatic heterocycles. The largest absolute Gasteiger partial charge is 0.450 e. The molecule has 4 rings (SSSR count). The quantitative estimate of drug-likeness (QED) is 0.744. The third kappa shape index (κ3) is 4.24. The summed E-state index contributed by atoms with van der Waals surface area (Å²) in [4.78, 5) is 22.2. The number of halogens is 2. The van der Waals surface area contributed by atoms with Gasteiger partial charge >= 0.3 is 12.7 Å². The van der Waals surface area contributed by atoms with E-state index in [1.165, 1.54) is 6.20 Å². The molecule has 1 saturated carbocycles. The van der Waals surface area contributed by atoms with Gasteiger partial charge in [-0.2, -0.15) is 8.78 Å². The molecule has 3 heterocycles. The van der Waals surface area contributed by atoms with E-state index < -0.39 is 6.61 Å². The second kappa shape index (κ2) is 8.30. The van der Waals surface area contributed by atoms with Gasteiger partial charge in [0.2, 0.25) is 5.88 Å². The summed E-state index contributed by atoms with van der Waals surface area (Å²) in [6.45, 7) is 4.22. The van der Waals surface area contributed by atoms with E-state index in [0.717, 1.165) is 58.5 Å². The minimum absolute atomic E-state index is 0.00991. The maximum Gasteiger partial charge on any atom is 0.409 e. The molecular formula is C20H28F2N4O3. The number of amides is 1. The van der Waals surface area contributed by atoms with Crippen molar-refractivity contribution in [2.24, 2.45) is 5.41 Å². The van der Waals surface area contributed by atoms with Gasteiger partial charge in [-0.15, -0.1) is 0 Å². The maximum atomic E-state index is 12.6. The Morgan fingerprint density at radius 1 is 1.31 bits per heavy atom. The fourth-order valence-corrected chi connectivity index (χ4v) is 5.01. The fraction of sp³-hybridized carbons (Fsp3) is 0.700. The third-order valence-electron chi connectivity index (χ3n) is 6.38. The van der Waals surface area contributed by atoms with E-state index >= 15 is 0 Å². The fourth-order valence-electron chi connectivity index (χ4n) is 5.01. The Morgan fingerprint density at radius 2 is 2.07 bits per heavy atom. The second-order valence-electron chi connectivity index (χ2n) is 8.18. The Labute approximate surface area is 169 Å². The molecule has 1 atom stereocenters. The van der Waals surface area contributed by atoms with Crippen LogP contribution < -0.4 is 9.64 Å². The molecule has 2 saturated heterocycles. The number of aromatic nitrogens is 1. The second-order valence-corrected chi connectivity index (χ2v) is 8.18. The number of anilines is 1. The predicted molar refractivity (Wildman–Crippen MR) is 103 cm³/mol. The first-order valence-electron chi connectivity index (χ1n) is 10.3. The lowest BCUT2D eigenvalue weighted by Crippen LogP contribution is -2.58. The van der Waals surface area contributed by atoms with Gasteiger partial charge in [-0.3, -0.25) is 4.90 Å². The van der Waals surface area contributed by atoms with E-state index in [0.29, 0.717) is 18.3 Å². The van der Waals surface area contributed by atoms with Crippen LogP contribution in [0.1, 0.15) is 26.2 Å². The zero-order valence-electron chi connectivity index (χ0n) is 16.7. The molecule has 7 nitrogen and oxygen atoms in total. The van der Waals surface area contributed by atoms with Gasteiger partial charge in [0.1, 0.15) is 5.69 Å². The monoisotopic (exact) mass is 410 g/mol. The van der Waals surface area contributed by atoms with Crippen molar-refractivity contribution in [1.29, 1.82) is 0 Å². The van der Waals surface area contributed by atoms with Crippen LogP contribution in [0.4, 0.5) is 19.3 Å². The van der Waals surface area contributed by atoms with Gasteiger partial charge in [0.05, 0.1) is 6.61 Å². The molecule has 9 heteroatoms. The molecule has 1 spiro atoms. The highest BCUT2D eigenvalue weighted by molar-refractivity contribution is 5.69. The first kappa shape index (κ1) is 20.1. The van der Waals surface area contributed by atoms with Crippen LogP contribution in [0.25, 0.3) is 0 Å². The molecular weight excluding hydrogens is 382 g/mol. The van der Waals surface area contributed by atoms with Crippen molar-refractivity contribution >= 4 is 11.8 Å². The molecule has 0 bridgehead atoms. The molecule has 0 aromatic carbocycles. The number of likely N-dealkylation sites (tertiary alicyclic amines) is 1. The highest BCUT2D eigenvalue weighted by Gasteiger charge is 2.51. The third-order valence-corrected chi connectivity index (χ3v) is 6.38. The number of rotatable bonds is 5. The summed E-state index contributed by atoms with van der Waals surface area (Å²) in [5.74, 6) is -0.00991. The summed E-state index contributed by atoms with van der Waals surface area (Å²) < 4.78 is 35.0. The van der Waals surface area contributed by atoms with Gasteiger partial charge in [-0.05, 0) is 38.3 Å². The summed E-state index contributed by atoms with van der Waals surface area (Å²) >= 11 is 0. The van der Waals surface area contributed by atoms with Crippen LogP contribution in [0.2, 0.25) is 0 Å². The van der Waals surface area contributed by atoms with Crippen LogP contribution >= 0.6 is 0 Å². The molecule has 1 unspecified atom stereocenters. The smallest absolute Gasteiger partial charge is 0.409 e. The van der Waals surface area contributed by atoms with Gasteiger partial charge < -0.3 is 19.3 Å². The maximum absolute atomic E-state index is 12.6. The van der Waals surface area contributed by atoms with Crippen molar-refractivity contribution in [2.75, 3.05) is 50.8 Å². The lowest BCUT2D eigenvalue weighted by Gasteiger charge is -2.48. The first-order chi connectivity index (χ1) is 14.0. The normalized spacial score (nSPS) is 24.1. The van der Waals surface area contributed by atoms with E-state index in [1.54, 1.807) is 17.0 Å². The molecule has 3 fully saturated rings. The van der Waals surface area contributed by atoms with Crippen LogP contribution in [0.3, 0.4) is 0 Å². The molecule has 160 valence electrons. The van der Waals surface area contributed by atoms with E-state index in [9.17, 15) is 13.6 Å². The lowest BCUT2D eigenvalue weighted by atomic mass is 9.78. The highest BCUT2D eigenvalue weighted by atomic mass is 19.3. The zero-order chi connectivity index (χ0) is 20.4. The average molecular weight is 410 g/mol. The van der Waals surface area contributed by atoms with Gasteiger partial charge in [0.15, 0.2) is 0 Å². The van der Waals surface area contributed by atoms with Crippen molar-refractivity contribution in [1.82, 2.24) is 14.8 Å². The molecule has 0 radical (unpaired) electrons. The van der Waals surface area contributed by atoms with Crippen molar-refractivity contribution in [3.8, 4) is 5.88 Å². The molecule has 1 aromatic heterocycles. The Balaban J connectivity index is 1.29. The number of hydrogen-bond acceptors (Lipinski definition) is 6. The molecule has 0 N–H and O–H groups in total. The number of alkyl halides is 2. The van der Waals surface area contributed by atoms with Crippen LogP contribution in [-0.4, -0.2) is 79.4 Å². The number of pyridine rings is 1. The number of carbonyl (C=O) groups is 1. The Hall–Kier alpha value is -2.16. The Kier molecular flexibility index (Phi) is 5.76. The van der Waals surface area contributed by atoms with Crippen LogP contribution in [0, 0.1) is 5.41 Å². The Morgan fingerprint density at radius 3 is 2.76 bits per heavy atom. The average Bonchev–Trinajstić information content (AvgIpc) is 3.13. The first-order valence-corrected chi connectivity index (χ1v) is 10.3. The molecule has 1 amide bonds. The van der Waals surface area contributed by atoms with Crippen molar-refractivity contribution in [2.45, 2.75) is 38.8 Å². The summed E-state index contributed by atoms with van der Waals surface area (Å²) in [5.41, 5.74) is 0.871. The Bertz CT molecular complexity index is 721. The van der Waals surface area contributed by atoms with Crippen LogP contribution in [0.5, 0.6) is 5.88 Å². The lowest BCUT2D eigenvalue weighted by molar-refractivity contribution is -0.0525. The number of ether oxygens (including phenoxy) is 2. The van der Waals surface area contributed by atoms with Gasteiger partial charge in [-0.25, -0.2) is 9.78 Å². The number of piperazine rings is 1. The van der Waals surface area contributed by atoms with Crippen LogP contribution in [-0.2, 0) is 4.74 Å². The molecule has 1 aromatic rings. The summed E-state index contributed by atoms with van der Waals surface area (Å²) in [6.07, 6.45) is 4.66. The minimum Gasteiger partial charge on any atom is -0.450 e. The van der Waals surface area contributed by atoms with E-state index in [1.807, 2.05) is 6.92 Å². The van der Waals surface area contributed by atoms with E-state index in [4.69, 9.17) is 4.74 Å². The summed E-state index contributed by atoms with van der Waals surface area (Å²) in [7, 11) is 0. The number of carbonyl (C=O) groups excluding carboxylic acids is 1. The molecule has 29 heavy (non-hydrogen) atoms. The van der Waals surface area contributed by atoms with Gasteiger partial charge in [0, 0.05) is 56.9 Å². The SMILES string of the molecule is CCOC(=O)N1CC2(CCC(N3CCN(c4cccnc4OC(F)F)CC3)C2)C1. The summed E-state index contributed by atoms with van der Waals surface area (Å²) in [5, 5.41) is 0. The van der Waals surface area contributed by atoms with Crippen molar-refractivity contribution in [3.63, 3.8) is 0 Å². The predicted octanol–water partition coefficient (Wildman–Crippen LogP) is 2.82. The zero-order valence-corrected chi connectivity index (χ0v) is 16.7. The molecule has 1 aliphatic carbocycles. The van der Waals surface area contributed by atoms with Gasteiger partial charge in [-0.1, -0.05) is 0 Å². The van der Waals surface area contributed by atoms with Crippen molar-refractivity contribution < 1.29 is 23.0 Å². The van der Waals surface area contributed by atoms with E-state index in [2.05, 4.69) is 19.5 Å². The highest BCUT2D eigenvalue weighted by Crippen LogP contribution is 2.47. The minimum atomic E-state index is -2.88. The number of hydrogen-bond donors (Lipinski definition) is 0. The standard InChI is InChI=1S/C20H28F2N4O3/c1-2-28-19(27)26-13-20(14-26)6-5-15(12-20)24-8-10-25(11-9-24)16-4-3-7-23-17(16)29-18(21)22/h3-4,7,15,18H,2,5-6,8-14H2,1H3. The summed E-state index contributed by atoms with van der Waals surface area (Å²) in [6, 6.07) is 4.04. The van der Waals surface area contributed by atoms with E-state index in [-0.39, 0.29) is 17.4 Å². The topological polar surface area (TPSA) is 58.1 Å². The van der Waals surface area contributed by atoms with Gasteiger partial charge in [0.25, 0.3) is 0 Å². The molecule has 3 aliphatic rings. The van der Waals surface area contributed by atoms with Crippen LogP contribution in [0.15, 0.2) is 18.3 Å².